The molecule has 17 heavy (non-hydrogen) atoms. The first kappa shape index (κ1) is 13.0. The van der Waals surface area contributed by atoms with Crippen LogP contribution in [0.3, 0.4) is 0 Å². The summed E-state index contributed by atoms with van der Waals surface area (Å²) in [6.45, 7) is 5.97. The first-order valence-electron chi connectivity index (χ1n) is 5.93. The van der Waals surface area contributed by atoms with Crippen LogP contribution in [0.2, 0.25) is 0 Å². The van der Waals surface area contributed by atoms with Gasteiger partial charge in [0.25, 0.3) is 0 Å². The van der Waals surface area contributed by atoms with Crippen molar-refractivity contribution in [1.29, 1.82) is 0 Å². The number of hydrogen-bond acceptors (Lipinski definition) is 2. The summed E-state index contributed by atoms with van der Waals surface area (Å²) in [7, 11) is 0. The Bertz CT molecular complexity index is 400. The Morgan fingerprint density at radius 2 is 2.18 bits per heavy atom. The lowest BCUT2D eigenvalue weighted by atomic mass is 10.1. The molecule has 1 aliphatic heterocycles. The van der Waals surface area contributed by atoms with E-state index in [9.17, 15) is 4.39 Å². The van der Waals surface area contributed by atoms with Crippen LogP contribution in [0.25, 0.3) is 0 Å². The highest BCUT2D eigenvalue weighted by atomic mass is 79.9. The van der Waals surface area contributed by atoms with Crippen LogP contribution in [0.15, 0.2) is 22.7 Å². The third-order valence-corrected chi connectivity index (χ3v) is 4.15. The fraction of sp³-hybridized carbons (Fsp3) is 0.538. The highest BCUT2D eigenvalue weighted by molar-refractivity contribution is 9.10. The molecule has 3 atom stereocenters. The third kappa shape index (κ3) is 2.69. The first-order valence-corrected chi connectivity index (χ1v) is 6.73. The van der Waals surface area contributed by atoms with Gasteiger partial charge in [-0.2, -0.15) is 0 Å². The number of benzene rings is 1. The van der Waals surface area contributed by atoms with Crippen LogP contribution in [0.5, 0.6) is 0 Å². The minimum atomic E-state index is -0.153. The van der Waals surface area contributed by atoms with Gasteiger partial charge in [0, 0.05) is 35.2 Å². The molecule has 94 valence electrons. The minimum Gasteiger partial charge on any atom is -0.326 e. The molecule has 1 saturated heterocycles. The largest absolute Gasteiger partial charge is 0.326 e. The van der Waals surface area contributed by atoms with Gasteiger partial charge in [-0.15, -0.1) is 0 Å². The Hall–Kier alpha value is -0.450. The summed E-state index contributed by atoms with van der Waals surface area (Å²) in [5.74, 6) is 0.330. The Morgan fingerprint density at radius 1 is 1.47 bits per heavy atom. The van der Waals surface area contributed by atoms with Crippen LogP contribution >= 0.6 is 15.9 Å². The maximum absolute atomic E-state index is 13.9. The van der Waals surface area contributed by atoms with Crippen molar-refractivity contribution in [1.82, 2.24) is 4.90 Å². The molecule has 0 bridgehead atoms. The zero-order chi connectivity index (χ0) is 12.6. The smallest absolute Gasteiger partial charge is 0.129 e. The van der Waals surface area contributed by atoms with Crippen LogP contribution in [-0.4, -0.2) is 24.0 Å². The summed E-state index contributed by atoms with van der Waals surface area (Å²) in [6, 6.07) is 5.54. The second-order valence-electron chi connectivity index (χ2n) is 4.94. The Labute approximate surface area is 110 Å². The minimum absolute atomic E-state index is 0.0825. The SMILES string of the molecule is CC1CN(C(C)c2ccc(Br)cc2F)CC1N. The van der Waals surface area contributed by atoms with Crippen molar-refractivity contribution in [2.24, 2.45) is 11.7 Å². The van der Waals surface area contributed by atoms with E-state index in [-0.39, 0.29) is 17.9 Å². The molecule has 1 fully saturated rings. The van der Waals surface area contributed by atoms with Crippen molar-refractivity contribution >= 4 is 15.9 Å². The quantitative estimate of drug-likeness (QED) is 0.910. The molecule has 2 nitrogen and oxygen atoms in total. The molecule has 0 saturated carbocycles. The molecule has 4 heteroatoms. The molecule has 2 rings (SSSR count). The van der Waals surface area contributed by atoms with Gasteiger partial charge in [0.15, 0.2) is 0 Å². The van der Waals surface area contributed by atoms with E-state index in [1.807, 2.05) is 19.1 Å². The standard InChI is InChI=1S/C13H18BrFN2/c1-8-6-17(7-13(8)16)9(2)11-4-3-10(14)5-12(11)15/h3-5,8-9,13H,6-7,16H2,1-2H3. The van der Waals surface area contributed by atoms with E-state index in [1.54, 1.807) is 0 Å². The first-order chi connectivity index (χ1) is 7.99. The van der Waals surface area contributed by atoms with Gasteiger partial charge in [0.1, 0.15) is 5.82 Å². The molecule has 0 spiro atoms. The molecule has 0 aliphatic carbocycles. The zero-order valence-corrected chi connectivity index (χ0v) is 11.7. The van der Waals surface area contributed by atoms with Crippen molar-refractivity contribution in [3.63, 3.8) is 0 Å². The third-order valence-electron chi connectivity index (χ3n) is 3.66. The molecular weight excluding hydrogens is 283 g/mol. The average molecular weight is 301 g/mol. The number of rotatable bonds is 2. The van der Waals surface area contributed by atoms with Gasteiger partial charge in [-0.3, -0.25) is 4.90 Å². The van der Waals surface area contributed by atoms with E-state index in [0.29, 0.717) is 5.92 Å². The number of hydrogen-bond donors (Lipinski definition) is 1. The molecule has 0 radical (unpaired) electrons. The summed E-state index contributed by atoms with van der Waals surface area (Å²) in [4.78, 5) is 2.25. The van der Waals surface area contributed by atoms with Crippen LogP contribution in [0.4, 0.5) is 4.39 Å². The summed E-state index contributed by atoms with van der Waals surface area (Å²) >= 11 is 3.27. The summed E-state index contributed by atoms with van der Waals surface area (Å²) in [6.07, 6.45) is 0. The molecule has 3 unspecified atom stereocenters. The number of halogens is 2. The Balaban J connectivity index is 2.17. The number of nitrogens with zero attached hydrogens (tertiary/aromatic N) is 1. The Kier molecular flexibility index (Phi) is 3.85. The molecule has 1 aliphatic rings. The number of nitrogens with two attached hydrogens (primary N) is 1. The van der Waals surface area contributed by atoms with Crippen molar-refractivity contribution in [3.05, 3.63) is 34.1 Å². The summed E-state index contributed by atoms with van der Waals surface area (Å²) < 4.78 is 14.6. The van der Waals surface area contributed by atoms with Crippen molar-refractivity contribution < 1.29 is 4.39 Å². The van der Waals surface area contributed by atoms with E-state index in [0.717, 1.165) is 23.1 Å². The van der Waals surface area contributed by atoms with Gasteiger partial charge in [0.2, 0.25) is 0 Å². The highest BCUT2D eigenvalue weighted by Crippen LogP contribution is 2.29. The molecule has 0 aromatic heterocycles. The molecule has 1 aromatic carbocycles. The second kappa shape index (κ2) is 5.04. The predicted molar refractivity (Wildman–Crippen MR) is 71.2 cm³/mol. The molecule has 1 heterocycles. The lowest BCUT2D eigenvalue weighted by Crippen LogP contribution is -2.30. The van der Waals surface area contributed by atoms with Gasteiger partial charge in [-0.05, 0) is 25.0 Å². The van der Waals surface area contributed by atoms with E-state index in [2.05, 4.69) is 27.8 Å². The van der Waals surface area contributed by atoms with E-state index in [1.165, 1.54) is 6.07 Å². The van der Waals surface area contributed by atoms with E-state index >= 15 is 0 Å². The van der Waals surface area contributed by atoms with Gasteiger partial charge in [-0.1, -0.05) is 28.9 Å². The van der Waals surface area contributed by atoms with Crippen LogP contribution in [-0.2, 0) is 0 Å². The summed E-state index contributed by atoms with van der Waals surface area (Å²) in [5, 5.41) is 0. The van der Waals surface area contributed by atoms with Gasteiger partial charge < -0.3 is 5.73 Å². The second-order valence-corrected chi connectivity index (χ2v) is 5.85. The van der Waals surface area contributed by atoms with Crippen LogP contribution in [0.1, 0.15) is 25.5 Å². The molecule has 2 N–H and O–H groups in total. The normalized spacial score (nSPS) is 27.4. The molecule has 0 amide bonds. The zero-order valence-electron chi connectivity index (χ0n) is 10.2. The number of likely N-dealkylation sites (tertiary alicyclic amines) is 1. The predicted octanol–water partition coefficient (Wildman–Crippen LogP) is 2.93. The van der Waals surface area contributed by atoms with Crippen LogP contribution in [0, 0.1) is 11.7 Å². The molecular formula is C13H18BrFN2. The highest BCUT2D eigenvalue weighted by Gasteiger charge is 2.30. The van der Waals surface area contributed by atoms with E-state index in [4.69, 9.17) is 5.73 Å². The average Bonchev–Trinajstić information content (AvgIpc) is 2.58. The van der Waals surface area contributed by atoms with Crippen molar-refractivity contribution in [2.45, 2.75) is 25.9 Å². The fourth-order valence-corrected chi connectivity index (χ4v) is 2.72. The maximum atomic E-state index is 13.9. The summed E-state index contributed by atoms with van der Waals surface area (Å²) in [5.41, 5.74) is 6.75. The lowest BCUT2D eigenvalue weighted by Gasteiger charge is -2.25. The van der Waals surface area contributed by atoms with Gasteiger partial charge in [-0.25, -0.2) is 4.39 Å². The maximum Gasteiger partial charge on any atom is 0.129 e. The van der Waals surface area contributed by atoms with Crippen molar-refractivity contribution in [2.75, 3.05) is 13.1 Å². The van der Waals surface area contributed by atoms with Gasteiger partial charge in [0.05, 0.1) is 0 Å². The topological polar surface area (TPSA) is 29.3 Å². The van der Waals surface area contributed by atoms with Crippen molar-refractivity contribution in [3.8, 4) is 0 Å². The molecule has 1 aromatic rings. The van der Waals surface area contributed by atoms with E-state index < -0.39 is 0 Å². The van der Waals surface area contributed by atoms with Crippen LogP contribution < -0.4 is 5.73 Å². The monoisotopic (exact) mass is 300 g/mol. The Morgan fingerprint density at radius 3 is 2.71 bits per heavy atom. The lowest BCUT2D eigenvalue weighted by molar-refractivity contribution is 0.248. The fourth-order valence-electron chi connectivity index (χ4n) is 2.38. The van der Waals surface area contributed by atoms with Gasteiger partial charge >= 0.3 is 0 Å².